The van der Waals surface area contributed by atoms with Crippen molar-refractivity contribution in [3.8, 4) is 11.8 Å². The Morgan fingerprint density at radius 2 is 1.76 bits per heavy atom. The van der Waals surface area contributed by atoms with E-state index < -0.39 is 36.3 Å². The number of halogens is 3. The molecule has 6 N–H and O–H groups in total. The highest BCUT2D eigenvalue weighted by Gasteiger charge is 2.33. The molecule has 0 spiro atoms. The normalized spacial score (nSPS) is 10.8. The second kappa shape index (κ2) is 11.1. The molecule has 11 heteroatoms. The Balaban J connectivity index is 2.16. The van der Waals surface area contributed by atoms with Crippen LogP contribution in [0.3, 0.4) is 0 Å². The van der Waals surface area contributed by atoms with E-state index in [1.54, 1.807) is 38.1 Å². The maximum Gasteiger partial charge on any atom is 0.417 e. The van der Waals surface area contributed by atoms with Gasteiger partial charge in [-0.15, -0.1) is 0 Å². The highest BCUT2D eigenvalue weighted by atomic mass is 19.4. The Morgan fingerprint density at radius 1 is 1.15 bits per heavy atom. The summed E-state index contributed by atoms with van der Waals surface area (Å²) in [6.45, 7) is 2.65. The topological polar surface area (TPSA) is 132 Å². The first kappa shape index (κ1) is 26.1. The van der Waals surface area contributed by atoms with Gasteiger partial charge in [-0.05, 0) is 56.3 Å². The minimum absolute atomic E-state index is 0.0632. The van der Waals surface area contributed by atoms with E-state index >= 15 is 0 Å². The number of carbonyl (C=O) groups excluding carboxylic acids is 1. The number of carbonyl (C=O) groups is 2. The number of benzene rings is 2. The number of amides is 2. The number of urea groups is 1. The molecule has 0 aliphatic heterocycles. The number of nitrogen functional groups attached to an aromatic ring is 1. The Morgan fingerprint density at radius 3 is 2.29 bits per heavy atom. The van der Waals surface area contributed by atoms with Crippen molar-refractivity contribution >= 4 is 29.2 Å². The van der Waals surface area contributed by atoms with Crippen LogP contribution in [0.5, 0.6) is 0 Å². The minimum Gasteiger partial charge on any atom is -0.480 e. The zero-order chi connectivity index (χ0) is 25.5. The van der Waals surface area contributed by atoms with Gasteiger partial charge in [-0.3, -0.25) is 10.2 Å². The molecular formula is C23H24F3N5O3. The van der Waals surface area contributed by atoms with Gasteiger partial charge in [0.25, 0.3) is 0 Å². The molecule has 0 atom stereocenters. The van der Waals surface area contributed by atoms with E-state index in [0.29, 0.717) is 11.3 Å². The fraction of sp³-hybridized carbons (Fsp3) is 0.261. The molecule has 0 saturated carbocycles. The summed E-state index contributed by atoms with van der Waals surface area (Å²) in [6.07, 6.45) is -4.72. The van der Waals surface area contributed by atoms with Crippen LogP contribution in [0.1, 0.15) is 30.5 Å². The molecule has 0 bridgehead atoms. The molecular weight excluding hydrogens is 451 g/mol. The molecule has 0 aromatic heterocycles. The summed E-state index contributed by atoms with van der Waals surface area (Å²) in [5, 5.41) is 21.5. The number of nitrogens with zero attached hydrogens (tertiary/aromatic N) is 1. The molecule has 0 unspecified atom stereocenters. The van der Waals surface area contributed by atoms with Crippen LogP contribution in [0.25, 0.3) is 0 Å². The molecule has 0 heterocycles. The maximum absolute atomic E-state index is 13.6. The van der Waals surface area contributed by atoms with Gasteiger partial charge in [-0.25, -0.2) is 4.79 Å². The summed E-state index contributed by atoms with van der Waals surface area (Å²) >= 11 is 0. The average Bonchev–Trinajstić information content (AvgIpc) is 2.75. The Bertz CT molecular complexity index is 1120. The smallest absolute Gasteiger partial charge is 0.417 e. The standard InChI is InChI=1S/C23H24F3N5O3/c1-14(2)31(13-20(32)33)22(34)30-18-10-5-15(19(12-18)23(24,25)26)4-3-11-29-17-8-6-16(7-9-17)21(27)28/h5-10,12,14,29H,11,13H2,1-2H3,(H3,27,28)(H,30,34)(H,32,33). The maximum atomic E-state index is 13.6. The van der Waals surface area contributed by atoms with Gasteiger partial charge in [-0.1, -0.05) is 11.8 Å². The number of hydrogen-bond donors (Lipinski definition) is 5. The highest BCUT2D eigenvalue weighted by molar-refractivity contribution is 5.95. The lowest BCUT2D eigenvalue weighted by Gasteiger charge is -2.25. The molecule has 2 aromatic carbocycles. The van der Waals surface area contributed by atoms with Gasteiger partial charge in [0, 0.05) is 28.5 Å². The number of alkyl halides is 3. The summed E-state index contributed by atoms with van der Waals surface area (Å²) in [5.74, 6) is 3.78. The Labute approximate surface area is 194 Å². The largest absolute Gasteiger partial charge is 0.480 e. The number of carboxylic acids is 1. The molecule has 2 aromatic rings. The van der Waals surface area contributed by atoms with Gasteiger partial charge < -0.3 is 26.4 Å². The molecule has 2 amide bonds. The number of aliphatic carboxylic acids is 1. The van der Waals surface area contributed by atoms with Crippen molar-refractivity contribution in [2.75, 3.05) is 23.7 Å². The van der Waals surface area contributed by atoms with Crippen LogP contribution in [0.2, 0.25) is 0 Å². The lowest BCUT2D eigenvalue weighted by atomic mass is 10.1. The van der Waals surface area contributed by atoms with Crippen molar-refractivity contribution in [3.05, 3.63) is 59.2 Å². The van der Waals surface area contributed by atoms with Crippen LogP contribution in [0.15, 0.2) is 42.5 Å². The van der Waals surface area contributed by atoms with E-state index in [1.165, 1.54) is 6.07 Å². The van der Waals surface area contributed by atoms with Crippen molar-refractivity contribution in [2.45, 2.75) is 26.1 Å². The van der Waals surface area contributed by atoms with Gasteiger partial charge in [0.1, 0.15) is 12.4 Å². The van der Waals surface area contributed by atoms with Gasteiger partial charge in [0.15, 0.2) is 0 Å². The van der Waals surface area contributed by atoms with Crippen LogP contribution in [-0.2, 0) is 11.0 Å². The highest BCUT2D eigenvalue weighted by Crippen LogP contribution is 2.33. The van der Waals surface area contributed by atoms with Crippen molar-refractivity contribution in [1.82, 2.24) is 4.90 Å². The van der Waals surface area contributed by atoms with Gasteiger partial charge in [0.05, 0.1) is 12.1 Å². The zero-order valence-corrected chi connectivity index (χ0v) is 18.5. The number of hydrogen-bond acceptors (Lipinski definition) is 4. The predicted molar refractivity (Wildman–Crippen MR) is 123 cm³/mol. The first-order valence-corrected chi connectivity index (χ1v) is 10.1. The van der Waals surface area contributed by atoms with Gasteiger partial charge in [-0.2, -0.15) is 13.2 Å². The second-order valence-electron chi connectivity index (χ2n) is 7.45. The summed E-state index contributed by atoms with van der Waals surface area (Å²) in [5.41, 5.74) is 5.14. The summed E-state index contributed by atoms with van der Waals surface area (Å²) in [6, 6.07) is 8.46. The SMILES string of the molecule is CC(C)N(CC(=O)O)C(=O)Nc1ccc(C#CCNc2ccc(C(=N)N)cc2)c(C(F)(F)F)c1. The minimum atomic E-state index is -4.72. The molecule has 0 saturated heterocycles. The van der Waals surface area contributed by atoms with E-state index in [0.717, 1.165) is 17.0 Å². The monoisotopic (exact) mass is 475 g/mol. The molecule has 0 fully saturated rings. The molecule has 0 aliphatic carbocycles. The van der Waals surface area contributed by atoms with Gasteiger partial charge >= 0.3 is 18.2 Å². The third-order valence-corrected chi connectivity index (χ3v) is 4.57. The van der Waals surface area contributed by atoms with Crippen LogP contribution in [0.4, 0.5) is 29.3 Å². The molecule has 180 valence electrons. The number of rotatable bonds is 7. The van der Waals surface area contributed by atoms with Crippen molar-refractivity contribution < 1.29 is 27.9 Å². The number of amidine groups is 1. The lowest BCUT2D eigenvalue weighted by molar-refractivity contribution is -0.138. The molecule has 2 rings (SSSR count). The Kier molecular flexibility index (Phi) is 8.50. The van der Waals surface area contributed by atoms with Crippen LogP contribution in [-0.4, -0.2) is 47.0 Å². The third-order valence-electron chi connectivity index (χ3n) is 4.57. The van der Waals surface area contributed by atoms with E-state index in [-0.39, 0.29) is 23.6 Å². The first-order chi connectivity index (χ1) is 15.9. The fourth-order valence-corrected chi connectivity index (χ4v) is 2.85. The van der Waals surface area contributed by atoms with Crippen molar-refractivity contribution in [1.29, 1.82) is 5.41 Å². The van der Waals surface area contributed by atoms with E-state index in [4.69, 9.17) is 16.2 Å². The van der Waals surface area contributed by atoms with E-state index in [9.17, 15) is 22.8 Å². The second-order valence-corrected chi connectivity index (χ2v) is 7.45. The molecule has 0 aliphatic rings. The number of carboxylic acid groups (broad SMARTS) is 1. The van der Waals surface area contributed by atoms with Crippen molar-refractivity contribution in [3.63, 3.8) is 0 Å². The number of nitrogens with one attached hydrogen (secondary N) is 3. The fourth-order valence-electron chi connectivity index (χ4n) is 2.85. The summed E-state index contributed by atoms with van der Waals surface area (Å²) in [4.78, 5) is 24.3. The van der Waals surface area contributed by atoms with Crippen LogP contribution < -0.4 is 16.4 Å². The average molecular weight is 475 g/mol. The lowest BCUT2D eigenvalue weighted by Crippen LogP contribution is -2.43. The van der Waals surface area contributed by atoms with E-state index in [1.807, 2.05) is 0 Å². The van der Waals surface area contributed by atoms with Crippen LogP contribution in [0, 0.1) is 17.3 Å². The molecule has 0 radical (unpaired) electrons. The first-order valence-electron chi connectivity index (χ1n) is 10.1. The zero-order valence-electron chi connectivity index (χ0n) is 18.5. The summed E-state index contributed by atoms with van der Waals surface area (Å²) in [7, 11) is 0. The predicted octanol–water partition coefficient (Wildman–Crippen LogP) is 3.78. The third kappa shape index (κ3) is 7.44. The number of nitrogens with two attached hydrogens (primary N) is 1. The van der Waals surface area contributed by atoms with Crippen LogP contribution >= 0.6 is 0 Å². The quantitative estimate of drug-likeness (QED) is 0.236. The van der Waals surface area contributed by atoms with E-state index in [2.05, 4.69) is 22.5 Å². The number of anilines is 2. The van der Waals surface area contributed by atoms with Crippen molar-refractivity contribution in [2.24, 2.45) is 5.73 Å². The summed E-state index contributed by atoms with van der Waals surface area (Å²) < 4.78 is 40.8. The van der Waals surface area contributed by atoms with Gasteiger partial charge in [0.2, 0.25) is 0 Å². The Hall–Kier alpha value is -4.20. The molecule has 34 heavy (non-hydrogen) atoms. The molecule has 8 nitrogen and oxygen atoms in total.